The number of rotatable bonds is 14. The van der Waals surface area contributed by atoms with Crippen molar-refractivity contribution in [2.24, 2.45) is 34.5 Å². The summed E-state index contributed by atoms with van der Waals surface area (Å²) in [6.45, 7) is 21.9. The van der Waals surface area contributed by atoms with E-state index >= 15 is 0 Å². The maximum atomic E-state index is 12.5. The molecule has 6 fully saturated rings. The van der Waals surface area contributed by atoms with Gasteiger partial charge in [-0.2, -0.15) is 0 Å². The third-order valence-corrected chi connectivity index (χ3v) is 15.4. The van der Waals surface area contributed by atoms with Gasteiger partial charge in [0, 0.05) is 44.9 Å². The minimum atomic E-state index is -0.344. The van der Waals surface area contributed by atoms with Crippen LogP contribution in [0.2, 0.25) is 0 Å². The monoisotopic (exact) mass is 814 g/mol. The second-order valence-corrected chi connectivity index (χ2v) is 20.4. The molecule has 6 aliphatic carbocycles. The molecule has 9 heteroatoms. The number of carbonyl (C=O) groups excluding carboxylic acids is 1. The van der Waals surface area contributed by atoms with E-state index in [1.54, 1.807) is 0 Å². The van der Waals surface area contributed by atoms with Gasteiger partial charge in [-0.25, -0.2) is 0 Å². The number of fused-ring (bicyclic) bond motifs is 4. The fourth-order valence-electron chi connectivity index (χ4n) is 11.3. The predicted octanol–water partition coefficient (Wildman–Crippen LogP) is 8.27. The van der Waals surface area contributed by atoms with Crippen LogP contribution in [-0.4, -0.2) is 58.0 Å². The van der Waals surface area contributed by atoms with E-state index in [0.717, 1.165) is 56.8 Å². The summed E-state index contributed by atoms with van der Waals surface area (Å²) in [5.74, 6) is 2.23. The molecule has 58 heavy (non-hydrogen) atoms. The number of benzene rings is 2. The molecule has 6 aliphatic rings. The van der Waals surface area contributed by atoms with Crippen molar-refractivity contribution in [1.29, 1.82) is 0 Å². The molecular formula is C49H79BNaO7. The number of phenolic OH excluding ortho intramolecular Hbond substituents is 4. The topological polar surface area (TPSA) is 138 Å². The molecule has 1 unspecified atom stereocenters. The molecule has 0 saturated heterocycles. The molecule has 6 saturated carbocycles. The summed E-state index contributed by atoms with van der Waals surface area (Å²) in [7, 11) is 1.00. The zero-order valence-corrected chi connectivity index (χ0v) is 40.4. The number of phenols is 4. The predicted molar refractivity (Wildman–Crippen MR) is 235 cm³/mol. The van der Waals surface area contributed by atoms with Crippen LogP contribution in [0.5, 0.6) is 23.0 Å². The van der Waals surface area contributed by atoms with E-state index < -0.39 is 0 Å². The summed E-state index contributed by atoms with van der Waals surface area (Å²) in [5.41, 5.74) is 3.08. The van der Waals surface area contributed by atoms with Gasteiger partial charge in [-0.1, -0.05) is 121 Å². The number of aromatic hydroxyl groups is 4. The summed E-state index contributed by atoms with van der Waals surface area (Å²) in [6.07, 6.45) is 14.4. The van der Waals surface area contributed by atoms with Gasteiger partial charge < -0.3 is 32.1 Å². The van der Waals surface area contributed by atoms with Crippen LogP contribution < -0.4 is 29.6 Å². The molecule has 3 radical (unpaired) electrons. The van der Waals surface area contributed by atoms with Crippen molar-refractivity contribution in [2.75, 3.05) is 7.11 Å². The first-order chi connectivity index (χ1) is 26.2. The summed E-state index contributed by atoms with van der Waals surface area (Å²) >= 11 is 0. The number of hydrogen-bond acceptors (Lipinski definition) is 7. The summed E-state index contributed by atoms with van der Waals surface area (Å²) in [4.78, 5) is 12.5. The van der Waals surface area contributed by atoms with Crippen LogP contribution in [0.4, 0.5) is 0 Å². The van der Waals surface area contributed by atoms with Crippen molar-refractivity contribution in [3.8, 4) is 23.0 Å². The van der Waals surface area contributed by atoms with Crippen LogP contribution >= 0.6 is 0 Å². The molecule has 8 rings (SSSR count). The maximum absolute atomic E-state index is 12.5. The Morgan fingerprint density at radius 1 is 0.621 bits per heavy atom. The zero-order chi connectivity index (χ0) is 42.0. The Balaban J connectivity index is 0.000000540. The maximum Gasteiger partial charge on any atom is 1.00 e. The van der Waals surface area contributed by atoms with Crippen LogP contribution in [0, 0.1) is 34.5 Å². The van der Waals surface area contributed by atoms with Crippen LogP contribution in [0.15, 0.2) is 24.3 Å². The van der Waals surface area contributed by atoms with E-state index in [1.807, 2.05) is 24.3 Å². The van der Waals surface area contributed by atoms with Gasteiger partial charge in [0.15, 0.2) is 0 Å². The van der Waals surface area contributed by atoms with Crippen molar-refractivity contribution in [3.05, 3.63) is 46.5 Å². The third kappa shape index (κ3) is 10.7. The second kappa shape index (κ2) is 20.9. The van der Waals surface area contributed by atoms with Gasteiger partial charge in [-0.3, -0.25) is 4.79 Å². The van der Waals surface area contributed by atoms with Crippen LogP contribution in [0.1, 0.15) is 195 Å². The first kappa shape index (κ1) is 52.4. The van der Waals surface area contributed by atoms with Gasteiger partial charge in [0.25, 0.3) is 0 Å². The largest absolute Gasteiger partial charge is 1.00 e. The van der Waals surface area contributed by atoms with Gasteiger partial charge in [-0.05, 0) is 113 Å². The van der Waals surface area contributed by atoms with Crippen LogP contribution in [0.3, 0.4) is 0 Å². The number of carbonyl (C=O) groups is 1. The molecule has 2 aromatic carbocycles. The number of ketones is 1. The Morgan fingerprint density at radius 3 is 1.36 bits per heavy atom. The Bertz CT molecular complexity index is 1610. The van der Waals surface area contributed by atoms with Crippen LogP contribution in [-0.2, 0) is 15.6 Å². The van der Waals surface area contributed by atoms with Crippen molar-refractivity contribution >= 4 is 14.2 Å². The minimum Gasteiger partial charge on any atom is -1.00 e. The number of hydrogen-bond donors (Lipinski definition) is 6. The van der Waals surface area contributed by atoms with Gasteiger partial charge in [0.1, 0.15) is 28.8 Å². The molecule has 4 bridgehead atoms. The van der Waals surface area contributed by atoms with E-state index in [9.17, 15) is 30.3 Å². The van der Waals surface area contributed by atoms with Gasteiger partial charge in [-0.15, -0.1) is 0 Å². The Morgan fingerprint density at radius 2 is 1.02 bits per heavy atom. The average molecular weight is 814 g/mol. The molecule has 0 spiro atoms. The summed E-state index contributed by atoms with van der Waals surface area (Å²) in [6, 6.07) is 7.38. The molecule has 2 aromatic rings. The standard InChI is InChI=1S/C24H38O3.C24H36O3.CH4O.B.Na.H/c2*1-6-7-8-9-10-23(2,3)15-11-20(26)22(21(27)12-15)16-13-19(25)18-14-17(16)24(18,4)5;1-2;;;/h11-12,16-19,25-27H,6-10,13-14H2,1-5H3;11-12,16-18,26-27H,6-10,13-14H2,1-5H3;2H,1H3;;;/q;;;;+1;-1/t16-,17-,18+,19?;16-,17-,18+;;;;/m00..../s1. The number of aliphatic hydroxyl groups excluding tert-OH is 2. The second-order valence-electron chi connectivity index (χ2n) is 20.4. The molecule has 0 amide bonds. The van der Waals surface area contributed by atoms with E-state index in [-0.39, 0.29) is 114 Å². The first-order valence-electron chi connectivity index (χ1n) is 22.0. The Hall–Kier alpha value is -1.71. The molecule has 0 heterocycles. The summed E-state index contributed by atoms with van der Waals surface area (Å²) in [5, 5.41) is 60.9. The molecule has 7 atom stereocenters. The Labute approximate surface area is 377 Å². The van der Waals surface area contributed by atoms with Gasteiger partial charge >= 0.3 is 29.6 Å². The molecule has 7 nitrogen and oxygen atoms in total. The van der Waals surface area contributed by atoms with Gasteiger partial charge in [0.2, 0.25) is 0 Å². The number of unbranched alkanes of at least 4 members (excludes halogenated alkanes) is 6. The zero-order valence-electron chi connectivity index (χ0n) is 39.4. The fourth-order valence-corrected chi connectivity index (χ4v) is 11.3. The summed E-state index contributed by atoms with van der Waals surface area (Å²) < 4.78 is 0. The van der Waals surface area contributed by atoms with Crippen molar-refractivity contribution in [2.45, 2.75) is 188 Å². The molecule has 0 aromatic heterocycles. The normalized spacial score (nSPS) is 26.2. The molecular weight excluding hydrogens is 734 g/mol. The van der Waals surface area contributed by atoms with Gasteiger partial charge in [0.05, 0.1) is 6.10 Å². The van der Waals surface area contributed by atoms with E-state index in [0.29, 0.717) is 41.7 Å². The quantitative estimate of drug-likeness (QED) is 0.0835. The third-order valence-electron chi connectivity index (χ3n) is 15.4. The van der Waals surface area contributed by atoms with E-state index in [2.05, 4.69) is 69.2 Å². The fraction of sp³-hybridized carbons (Fsp3) is 0.735. The van der Waals surface area contributed by atoms with Crippen molar-refractivity contribution in [3.63, 3.8) is 0 Å². The molecule has 6 N–H and O–H groups in total. The smallest absolute Gasteiger partial charge is 1.00 e. The Kier molecular flexibility index (Phi) is 18.9. The number of Topliss-reactive ketones (excluding diaryl/α,β-unsaturated/α-hetero) is 1. The minimum absolute atomic E-state index is 0. The van der Waals surface area contributed by atoms with Crippen molar-refractivity contribution < 1.29 is 66.4 Å². The first-order valence-corrected chi connectivity index (χ1v) is 22.0. The number of aliphatic hydroxyl groups is 2. The molecule has 321 valence electrons. The molecule has 0 aliphatic heterocycles. The van der Waals surface area contributed by atoms with E-state index in [1.165, 1.54) is 38.5 Å². The van der Waals surface area contributed by atoms with Crippen molar-refractivity contribution in [1.82, 2.24) is 0 Å². The van der Waals surface area contributed by atoms with Crippen LogP contribution in [0.25, 0.3) is 0 Å². The van der Waals surface area contributed by atoms with E-state index in [4.69, 9.17) is 5.11 Å². The SMILES string of the molecule is CCCCCCC(C)(C)c1cc(O)c([C@H]2CC(=O)[C@H]3C[C@@H]2C3(C)C)c(O)c1.CCCCCCC(C)(C)c1cc(O)c([C@H]2CC(O)[C@H]3C[C@@H]2C3(C)C)c(O)c1.CO.[B].[H-].[Na+]. The average Bonchev–Trinajstić information content (AvgIpc) is 3.11.